The predicted molar refractivity (Wildman–Crippen MR) is 168 cm³/mol. The lowest BCUT2D eigenvalue weighted by Crippen LogP contribution is -2.55. The van der Waals surface area contributed by atoms with Gasteiger partial charge in [-0.2, -0.15) is 0 Å². The molecule has 5 rings (SSSR count). The van der Waals surface area contributed by atoms with Crippen LogP contribution in [0.3, 0.4) is 0 Å². The molecule has 0 aromatic heterocycles. The fourth-order valence-electron chi connectivity index (χ4n) is 6.04. The Morgan fingerprint density at radius 2 is 1.56 bits per heavy atom. The van der Waals surface area contributed by atoms with Crippen molar-refractivity contribution < 1.29 is 33.3 Å². The van der Waals surface area contributed by atoms with Crippen LogP contribution < -0.4 is 14.8 Å². The minimum absolute atomic E-state index is 0.154. The zero-order chi connectivity index (χ0) is 32.0. The van der Waals surface area contributed by atoms with Crippen LogP contribution in [0.25, 0.3) is 0 Å². The van der Waals surface area contributed by atoms with Gasteiger partial charge in [0.25, 0.3) is 0 Å². The van der Waals surface area contributed by atoms with E-state index >= 15 is 0 Å². The highest BCUT2D eigenvalue weighted by Crippen LogP contribution is 2.50. The highest BCUT2D eigenvalue weighted by atomic mass is 16.6. The molecule has 2 aliphatic rings. The molecule has 0 unspecified atom stereocenters. The van der Waals surface area contributed by atoms with Gasteiger partial charge in [0.15, 0.2) is 5.78 Å². The van der Waals surface area contributed by atoms with Crippen molar-refractivity contribution in [2.45, 2.75) is 50.5 Å². The number of rotatable bonds is 13. The van der Waals surface area contributed by atoms with Crippen LogP contribution in [-0.2, 0) is 43.6 Å². The zero-order valence-corrected chi connectivity index (χ0v) is 25.7. The molecule has 9 nitrogen and oxygen atoms in total. The topological polar surface area (TPSA) is 103 Å². The van der Waals surface area contributed by atoms with Crippen molar-refractivity contribution in [3.8, 4) is 11.5 Å². The largest absolute Gasteiger partial charge is 0.497 e. The van der Waals surface area contributed by atoms with Gasteiger partial charge in [0, 0.05) is 13.1 Å². The van der Waals surface area contributed by atoms with Gasteiger partial charge in [-0.25, -0.2) is 0 Å². The number of methoxy groups -OCH3 is 2. The van der Waals surface area contributed by atoms with Crippen LogP contribution in [0.5, 0.6) is 11.5 Å². The molecule has 3 aromatic rings. The van der Waals surface area contributed by atoms with E-state index in [1.54, 1.807) is 31.3 Å². The number of amides is 2. The van der Waals surface area contributed by atoms with Gasteiger partial charge in [-0.1, -0.05) is 60.7 Å². The third kappa shape index (κ3) is 6.69. The van der Waals surface area contributed by atoms with Gasteiger partial charge in [0.05, 0.1) is 20.8 Å². The van der Waals surface area contributed by atoms with E-state index in [4.69, 9.17) is 18.9 Å². The summed E-state index contributed by atoms with van der Waals surface area (Å²) < 4.78 is 23.6. The number of carbonyl (C=O) groups excluding carboxylic acids is 3. The molecule has 2 amide bonds. The highest BCUT2D eigenvalue weighted by Gasteiger charge is 2.69. The predicted octanol–water partition coefficient (Wildman–Crippen LogP) is 4.40. The Bertz CT molecular complexity index is 1540. The Morgan fingerprint density at radius 3 is 2.13 bits per heavy atom. The van der Waals surface area contributed by atoms with Crippen molar-refractivity contribution in [1.29, 1.82) is 0 Å². The second kappa shape index (κ2) is 13.9. The minimum Gasteiger partial charge on any atom is -0.497 e. The normalized spacial score (nSPS) is 24.0. The van der Waals surface area contributed by atoms with Gasteiger partial charge in [0.1, 0.15) is 41.3 Å². The molecular formula is C36H38N2O7. The van der Waals surface area contributed by atoms with Crippen LogP contribution in [-0.4, -0.2) is 60.6 Å². The zero-order valence-electron chi connectivity index (χ0n) is 25.7. The number of carbonyl (C=O) groups is 3. The number of fused-ring (bicyclic) bond motifs is 1. The minimum atomic E-state index is -1.43. The molecule has 2 saturated heterocycles. The number of nitrogens with one attached hydrogen (secondary N) is 1. The maximum Gasteiger partial charge on any atom is 0.246 e. The third-order valence-corrected chi connectivity index (χ3v) is 8.28. The molecular weight excluding hydrogens is 572 g/mol. The maximum atomic E-state index is 14.5. The molecule has 0 radical (unpaired) electrons. The van der Waals surface area contributed by atoms with Crippen molar-refractivity contribution >= 4 is 17.6 Å². The standard InChI is InChI=1S/C36H38N2O7/c1-5-36-31(32(30(45-36)20-11-24(2)39)44-23-27-14-18-29(43-4)19-15-27)35(41)38(22-26-12-16-28(42-3)17-13-26)33(36)34(40)37-21-25-9-7-6-8-10-25/h5-20,30-33H,1,21-23H2,2-4H3,(H,37,40)/b20-11+/t30-,31+,32+,33-,36+/m0/s1. The molecule has 234 valence electrons. The number of hydrogen-bond donors (Lipinski definition) is 1. The van der Waals surface area contributed by atoms with E-state index in [2.05, 4.69) is 11.9 Å². The van der Waals surface area contributed by atoms with E-state index in [1.165, 1.54) is 13.0 Å². The van der Waals surface area contributed by atoms with Crippen molar-refractivity contribution in [1.82, 2.24) is 10.2 Å². The molecule has 45 heavy (non-hydrogen) atoms. The summed E-state index contributed by atoms with van der Waals surface area (Å²) in [5.41, 5.74) is 1.16. The molecule has 2 heterocycles. The van der Waals surface area contributed by atoms with Crippen LogP contribution >= 0.6 is 0 Å². The molecule has 9 heteroatoms. The summed E-state index contributed by atoms with van der Waals surface area (Å²) in [5.74, 6) is -0.376. The van der Waals surface area contributed by atoms with E-state index in [9.17, 15) is 14.4 Å². The molecule has 0 aliphatic carbocycles. The van der Waals surface area contributed by atoms with E-state index < -0.39 is 29.8 Å². The van der Waals surface area contributed by atoms with E-state index in [1.807, 2.05) is 78.9 Å². The number of ether oxygens (including phenoxy) is 4. The first-order valence-corrected chi connectivity index (χ1v) is 14.8. The summed E-state index contributed by atoms with van der Waals surface area (Å²) in [7, 11) is 3.18. The molecule has 2 aliphatic heterocycles. The van der Waals surface area contributed by atoms with Crippen LogP contribution in [0.4, 0.5) is 0 Å². The summed E-state index contributed by atoms with van der Waals surface area (Å²) in [5, 5.41) is 3.01. The van der Waals surface area contributed by atoms with Gasteiger partial charge in [-0.15, -0.1) is 6.58 Å². The number of allylic oxidation sites excluding steroid dienone is 1. The lowest BCUT2D eigenvalue weighted by molar-refractivity contribution is -0.143. The third-order valence-electron chi connectivity index (χ3n) is 8.28. The van der Waals surface area contributed by atoms with Crippen molar-refractivity contribution in [2.75, 3.05) is 14.2 Å². The van der Waals surface area contributed by atoms with E-state index in [0.717, 1.165) is 16.7 Å². The molecule has 3 aromatic carbocycles. The summed E-state index contributed by atoms with van der Waals surface area (Å²) in [6.45, 7) is 6.09. The van der Waals surface area contributed by atoms with E-state index in [-0.39, 0.29) is 37.3 Å². The highest BCUT2D eigenvalue weighted by molar-refractivity contribution is 5.96. The fourth-order valence-corrected chi connectivity index (χ4v) is 6.04. The second-order valence-corrected chi connectivity index (χ2v) is 11.1. The molecule has 0 bridgehead atoms. The van der Waals surface area contributed by atoms with Crippen molar-refractivity contribution in [3.63, 3.8) is 0 Å². The summed E-state index contributed by atoms with van der Waals surface area (Å²) in [4.78, 5) is 42.1. The van der Waals surface area contributed by atoms with Gasteiger partial charge in [-0.3, -0.25) is 14.4 Å². The Hall–Kier alpha value is -4.73. The summed E-state index contributed by atoms with van der Waals surface area (Å²) in [6.07, 6.45) is 2.95. The maximum absolute atomic E-state index is 14.5. The molecule has 5 atom stereocenters. The first-order valence-electron chi connectivity index (χ1n) is 14.8. The Kier molecular flexibility index (Phi) is 9.80. The van der Waals surface area contributed by atoms with Gasteiger partial charge < -0.3 is 29.2 Å². The van der Waals surface area contributed by atoms with Gasteiger partial charge in [-0.05, 0) is 60.0 Å². The molecule has 2 fully saturated rings. The smallest absolute Gasteiger partial charge is 0.246 e. The van der Waals surface area contributed by atoms with Crippen LogP contribution in [0.15, 0.2) is 104 Å². The first-order chi connectivity index (χ1) is 21.8. The Morgan fingerprint density at radius 1 is 0.933 bits per heavy atom. The van der Waals surface area contributed by atoms with Gasteiger partial charge in [0.2, 0.25) is 11.8 Å². The molecule has 1 N–H and O–H groups in total. The second-order valence-electron chi connectivity index (χ2n) is 11.1. The van der Waals surface area contributed by atoms with E-state index in [0.29, 0.717) is 11.5 Å². The first kappa shape index (κ1) is 31.7. The summed E-state index contributed by atoms with van der Waals surface area (Å²) >= 11 is 0. The number of likely N-dealkylation sites (tertiary alicyclic amines) is 1. The van der Waals surface area contributed by atoms with Crippen LogP contribution in [0, 0.1) is 5.92 Å². The number of ketones is 1. The lowest BCUT2D eigenvalue weighted by Gasteiger charge is -2.34. The number of nitrogens with zero attached hydrogens (tertiary/aromatic N) is 1. The Labute approximate surface area is 263 Å². The van der Waals surface area contributed by atoms with Gasteiger partial charge >= 0.3 is 0 Å². The van der Waals surface area contributed by atoms with Crippen molar-refractivity contribution in [2.24, 2.45) is 5.92 Å². The average molecular weight is 611 g/mol. The lowest BCUT2D eigenvalue weighted by atomic mass is 9.82. The fraction of sp³-hybridized carbons (Fsp3) is 0.306. The van der Waals surface area contributed by atoms with Crippen LogP contribution in [0.1, 0.15) is 23.6 Å². The van der Waals surface area contributed by atoms with Crippen molar-refractivity contribution in [3.05, 3.63) is 120 Å². The number of benzene rings is 3. The molecule has 0 saturated carbocycles. The SMILES string of the molecule is C=C[C@@]12O[C@@H](/C=C/C(C)=O)[C@@H](OCc3ccc(OC)cc3)[C@@H]1C(=O)N(Cc1ccc(OC)cc1)[C@H]2C(=O)NCc1ccccc1. The monoisotopic (exact) mass is 610 g/mol. The summed E-state index contributed by atoms with van der Waals surface area (Å²) in [6, 6.07) is 23.2. The Balaban J connectivity index is 1.51. The quantitative estimate of drug-likeness (QED) is 0.226. The number of hydrogen-bond acceptors (Lipinski definition) is 7. The average Bonchev–Trinajstić information content (AvgIpc) is 3.51. The molecule has 0 spiro atoms. The van der Waals surface area contributed by atoms with Crippen LogP contribution in [0.2, 0.25) is 0 Å².